The topological polar surface area (TPSA) is 33.4 Å². The van der Waals surface area contributed by atoms with Crippen LogP contribution in [0.15, 0.2) is 96.4 Å². The molecule has 0 spiro atoms. The molecule has 4 nitrogen and oxygen atoms in total. The second-order valence-corrected chi connectivity index (χ2v) is 7.80. The Bertz CT molecular complexity index is 1190. The fourth-order valence-corrected chi connectivity index (χ4v) is 3.91. The van der Waals surface area contributed by atoms with E-state index in [-0.39, 0.29) is 6.04 Å². The van der Waals surface area contributed by atoms with Crippen molar-refractivity contribution < 1.29 is 0 Å². The number of aryl methyl sites for hydroxylation is 2. The summed E-state index contributed by atoms with van der Waals surface area (Å²) in [5.41, 5.74) is 8.16. The maximum Gasteiger partial charge on any atom is 0.0862 e. The second kappa shape index (κ2) is 7.64. The molecule has 0 aliphatic carbocycles. The van der Waals surface area contributed by atoms with Crippen LogP contribution in [0.2, 0.25) is 0 Å². The summed E-state index contributed by atoms with van der Waals surface area (Å²) in [7, 11) is 0. The van der Waals surface area contributed by atoms with Gasteiger partial charge in [0.2, 0.25) is 0 Å². The van der Waals surface area contributed by atoms with Gasteiger partial charge in [0, 0.05) is 18.2 Å². The largest absolute Gasteiger partial charge is 0.257 e. The average molecular weight is 393 g/mol. The van der Waals surface area contributed by atoms with Gasteiger partial charge in [0.05, 0.1) is 29.3 Å². The van der Waals surface area contributed by atoms with Gasteiger partial charge < -0.3 is 0 Å². The van der Waals surface area contributed by atoms with Crippen molar-refractivity contribution in [2.75, 3.05) is 5.01 Å². The van der Waals surface area contributed by atoms with Crippen molar-refractivity contribution in [3.63, 3.8) is 0 Å². The van der Waals surface area contributed by atoms with Crippen molar-refractivity contribution in [1.29, 1.82) is 0 Å². The lowest BCUT2D eigenvalue weighted by molar-refractivity contribution is 0.708. The van der Waals surface area contributed by atoms with Gasteiger partial charge in [-0.1, -0.05) is 54.6 Å². The molecule has 0 bridgehead atoms. The Hall–Kier alpha value is -3.66. The summed E-state index contributed by atoms with van der Waals surface area (Å²) in [6.45, 7) is 4.27. The fourth-order valence-electron chi connectivity index (χ4n) is 3.91. The number of benzene rings is 3. The lowest BCUT2D eigenvalue weighted by Crippen LogP contribution is -2.18. The predicted molar refractivity (Wildman–Crippen MR) is 122 cm³/mol. The van der Waals surface area contributed by atoms with Gasteiger partial charge in [-0.25, -0.2) is 4.68 Å². The van der Waals surface area contributed by atoms with E-state index in [0.29, 0.717) is 0 Å². The third kappa shape index (κ3) is 3.41. The number of hydrazone groups is 1. The van der Waals surface area contributed by atoms with Crippen molar-refractivity contribution in [3.05, 3.63) is 114 Å². The van der Waals surface area contributed by atoms with Crippen molar-refractivity contribution in [2.24, 2.45) is 5.10 Å². The standard InChI is InChI=1S/C26H24N4/c1-19-13-14-24(15-20(19)2)29-18-22(17-27-29)26-16-25(21-9-5-3-6-10-21)28-30(26)23-11-7-4-8-12-23/h3-15,17-18,26H,16H2,1-2H3. The van der Waals surface area contributed by atoms with E-state index in [1.165, 1.54) is 16.7 Å². The smallest absolute Gasteiger partial charge is 0.0862 e. The first-order chi connectivity index (χ1) is 14.7. The Labute approximate surface area is 177 Å². The van der Waals surface area contributed by atoms with Crippen molar-refractivity contribution >= 4 is 11.4 Å². The van der Waals surface area contributed by atoms with Crippen LogP contribution < -0.4 is 5.01 Å². The monoisotopic (exact) mass is 392 g/mol. The summed E-state index contributed by atoms with van der Waals surface area (Å²) in [6, 6.07) is 27.4. The molecule has 4 heteroatoms. The zero-order valence-corrected chi connectivity index (χ0v) is 17.2. The van der Waals surface area contributed by atoms with Crippen LogP contribution in [0.25, 0.3) is 5.69 Å². The highest BCUT2D eigenvalue weighted by atomic mass is 15.5. The molecule has 0 amide bonds. The van der Waals surface area contributed by atoms with Crippen LogP contribution in [0.5, 0.6) is 0 Å². The number of rotatable bonds is 4. The van der Waals surface area contributed by atoms with Crippen LogP contribution in [0, 0.1) is 13.8 Å². The molecular formula is C26H24N4. The van der Waals surface area contributed by atoms with Gasteiger partial charge in [0.25, 0.3) is 0 Å². The molecule has 3 aromatic carbocycles. The number of hydrogen-bond acceptors (Lipinski definition) is 3. The third-order valence-corrected chi connectivity index (χ3v) is 5.78. The Balaban J connectivity index is 1.51. The van der Waals surface area contributed by atoms with Crippen LogP contribution in [0.1, 0.15) is 34.7 Å². The molecule has 4 aromatic rings. The summed E-state index contributed by atoms with van der Waals surface area (Å²) in [6.07, 6.45) is 4.95. The van der Waals surface area contributed by atoms with Crippen LogP contribution in [-0.2, 0) is 0 Å². The summed E-state index contributed by atoms with van der Waals surface area (Å²) in [4.78, 5) is 0. The molecule has 1 atom stereocenters. The lowest BCUT2D eigenvalue weighted by Gasteiger charge is -2.22. The molecule has 2 heterocycles. The summed E-state index contributed by atoms with van der Waals surface area (Å²) in [5, 5.41) is 11.8. The zero-order chi connectivity index (χ0) is 20.5. The van der Waals surface area contributed by atoms with E-state index in [1.807, 2.05) is 23.0 Å². The molecule has 0 radical (unpaired) electrons. The fraction of sp³-hybridized carbons (Fsp3) is 0.154. The van der Waals surface area contributed by atoms with Gasteiger partial charge in [-0.05, 0) is 54.8 Å². The number of para-hydroxylation sites is 1. The first-order valence-corrected chi connectivity index (χ1v) is 10.3. The minimum Gasteiger partial charge on any atom is -0.257 e. The molecule has 0 N–H and O–H groups in total. The van der Waals surface area contributed by atoms with Gasteiger partial charge in [-0.2, -0.15) is 10.2 Å². The van der Waals surface area contributed by atoms with Crippen LogP contribution >= 0.6 is 0 Å². The maximum absolute atomic E-state index is 5.01. The summed E-state index contributed by atoms with van der Waals surface area (Å²) >= 11 is 0. The molecule has 0 saturated heterocycles. The van der Waals surface area contributed by atoms with Crippen molar-refractivity contribution in [1.82, 2.24) is 9.78 Å². The molecule has 1 aliphatic heterocycles. The van der Waals surface area contributed by atoms with Gasteiger partial charge in [-0.15, -0.1) is 0 Å². The summed E-state index contributed by atoms with van der Waals surface area (Å²) < 4.78 is 1.96. The van der Waals surface area contributed by atoms with Crippen molar-refractivity contribution in [3.8, 4) is 5.69 Å². The first kappa shape index (κ1) is 18.4. The molecule has 0 saturated carbocycles. The molecule has 0 fully saturated rings. The second-order valence-electron chi connectivity index (χ2n) is 7.80. The van der Waals surface area contributed by atoms with Gasteiger partial charge in [0.15, 0.2) is 0 Å². The molecule has 30 heavy (non-hydrogen) atoms. The Kier molecular flexibility index (Phi) is 4.68. The highest BCUT2D eigenvalue weighted by Crippen LogP contribution is 2.36. The third-order valence-electron chi connectivity index (χ3n) is 5.78. The molecule has 148 valence electrons. The Morgan fingerprint density at radius 3 is 2.27 bits per heavy atom. The van der Waals surface area contributed by atoms with Gasteiger partial charge >= 0.3 is 0 Å². The highest BCUT2D eigenvalue weighted by molar-refractivity contribution is 6.03. The van der Waals surface area contributed by atoms with Crippen molar-refractivity contribution in [2.45, 2.75) is 26.3 Å². The quantitative estimate of drug-likeness (QED) is 0.437. The SMILES string of the molecule is Cc1ccc(-n2cc(C3CC(c4ccccc4)=NN3c3ccccc3)cn2)cc1C. The van der Waals surface area contributed by atoms with E-state index in [0.717, 1.165) is 29.1 Å². The molecule has 1 unspecified atom stereocenters. The van der Waals surface area contributed by atoms with Crippen LogP contribution in [0.3, 0.4) is 0 Å². The number of aromatic nitrogens is 2. The minimum atomic E-state index is 0.114. The Morgan fingerprint density at radius 2 is 1.53 bits per heavy atom. The average Bonchev–Trinajstić information content (AvgIpc) is 3.44. The lowest BCUT2D eigenvalue weighted by atomic mass is 10.0. The van der Waals surface area contributed by atoms with Crippen LogP contribution in [0.4, 0.5) is 5.69 Å². The van der Waals surface area contributed by atoms with E-state index < -0.39 is 0 Å². The van der Waals surface area contributed by atoms with Crippen LogP contribution in [-0.4, -0.2) is 15.5 Å². The first-order valence-electron chi connectivity index (χ1n) is 10.3. The van der Waals surface area contributed by atoms with E-state index in [1.54, 1.807) is 0 Å². The zero-order valence-electron chi connectivity index (χ0n) is 17.2. The molecular weight excluding hydrogens is 368 g/mol. The molecule has 1 aromatic heterocycles. The van der Waals surface area contributed by atoms with E-state index >= 15 is 0 Å². The van der Waals surface area contributed by atoms with Gasteiger partial charge in [-0.3, -0.25) is 5.01 Å². The number of anilines is 1. The molecule has 5 rings (SSSR count). The highest BCUT2D eigenvalue weighted by Gasteiger charge is 2.30. The van der Waals surface area contributed by atoms with E-state index in [2.05, 4.69) is 96.9 Å². The number of nitrogens with zero attached hydrogens (tertiary/aromatic N) is 4. The van der Waals surface area contributed by atoms with E-state index in [4.69, 9.17) is 5.10 Å². The predicted octanol–water partition coefficient (Wildman–Crippen LogP) is 5.84. The normalized spacial score (nSPS) is 16.0. The maximum atomic E-state index is 5.01. The minimum absolute atomic E-state index is 0.114. The summed E-state index contributed by atoms with van der Waals surface area (Å²) in [5.74, 6) is 0. The van der Waals surface area contributed by atoms with E-state index in [9.17, 15) is 0 Å². The molecule has 1 aliphatic rings. The Morgan fingerprint density at radius 1 is 0.800 bits per heavy atom. The van der Waals surface area contributed by atoms with Gasteiger partial charge in [0.1, 0.15) is 0 Å². The number of hydrogen-bond donors (Lipinski definition) is 0.